The molecule has 8 heteroatoms. The van der Waals surface area contributed by atoms with E-state index in [0.29, 0.717) is 0 Å². The van der Waals surface area contributed by atoms with E-state index in [4.69, 9.17) is 9.84 Å². The molecule has 0 saturated carbocycles. The average Bonchev–Trinajstić information content (AvgIpc) is 2.99. The largest absolute Gasteiger partial charge is 0.489 e. The number of halogens is 3. The van der Waals surface area contributed by atoms with E-state index in [1.807, 2.05) is 0 Å². The molecule has 1 aromatic carbocycles. The van der Waals surface area contributed by atoms with Gasteiger partial charge in [0.25, 0.3) is 5.91 Å². The summed E-state index contributed by atoms with van der Waals surface area (Å²) in [5.74, 6) is -2.45. The summed E-state index contributed by atoms with van der Waals surface area (Å²) in [6, 6.07) is 6.12. The van der Waals surface area contributed by atoms with Crippen LogP contribution in [0.15, 0.2) is 36.9 Å². The molecule has 2 rings (SSSR count). The van der Waals surface area contributed by atoms with Crippen LogP contribution in [0, 0.1) is 5.41 Å². The zero-order chi connectivity index (χ0) is 18.0. The van der Waals surface area contributed by atoms with Crippen molar-refractivity contribution in [3.05, 3.63) is 42.5 Å². The molecule has 0 bridgehead atoms. The lowest BCUT2D eigenvalue weighted by Crippen LogP contribution is -2.47. The summed E-state index contributed by atoms with van der Waals surface area (Å²) in [6.45, 7) is 2.41. The van der Waals surface area contributed by atoms with Crippen LogP contribution in [-0.4, -0.2) is 47.8 Å². The minimum Gasteiger partial charge on any atom is -0.489 e. The number of nitrogens with zero attached hydrogens (tertiary/aromatic N) is 1. The second kappa shape index (κ2) is 6.54. The summed E-state index contributed by atoms with van der Waals surface area (Å²) in [5.41, 5.74) is -2.85. The van der Waals surface area contributed by atoms with Gasteiger partial charge in [-0.2, -0.15) is 13.2 Å². The van der Waals surface area contributed by atoms with E-state index in [0.717, 1.165) is 4.90 Å². The van der Waals surface area contributed by atoms with Gasteiger partial charge in [-0.3, -0.25) is 9.59 Å². The van der Waals surface area contributed by atoms with Crippen molar-refractivity contribution in [3.8, 4) is 5.75 Å². The molecule has 0 radical (unpaired) electrons. The highest BCUT2D eigenvalue weighted by Crippen LogP contribution is 2.46. The smallest absolute Gasteiger partial charge is 0.406 e. The molecule has 130 valence electrons. The molecule has 1 amide bonds. The van der Waals surface area contributed by atoms with E-state index >= 15 is 0 Å². The molecular weight excluding hydrogens is 327 g/mol. The number of carboxylic acid groups (broad SMARTS) is 1. The predicted octanol–water partition coefficient (Wildman–Crippen LogP) is 2.73. The van der Waals surface area contributed by atoms with Crippen LogP contribution >= 0.6 is 0 Å². The number of carboxylic acids is 1. The van der Waals surface area contributed by atoms with E-state index in [1.54, 1.807) is 12.1 Å². The van der Waals surface area contributed by atoms with Crippen molar-refractivity contribution in [2.75, 3.05) is 19.7 Å². The van der Waals surface area contributed by atoms with Gasteiger partial charge in [0.15, 0.2) is 5.41 Å². The number of benzene rings is 1. The van der Waals surface area contributed by atoms with Crippen LogP contribution in [0.1, 0.15) is 16.8 Å². The summed E-state index contributed by atoms with van der Waals surface area (Å²) in [5, 5.41) is 9.05. The van der Waals surface area contributed by atoms with E-state index < -0.39 is 36.4 Å². The van der Waals surface area contributed by atoms with Crippen molar-refractivity contribution in [3.63, 3.8) is 0 Å². The van der Waals surface area contributed by atoms with Gasteiger partial charge in [-0.25, -0.2) is 0 Å². The monoisotopic (exact) mass is 343 g/mol. The Hall–Kier alpha value is -2.51. The molecule has 24 heavy (non-hydrogen) atoms. The van der Waals surface area contributed by atoms with Crippen molar-refractivity contribution in [1.29, 1.82) is 0 Å². The number of alkyl halides is 3. The molecule has 1 N–H and O–H groups in total. The van der Waals surface area contributed by atoms with Gasteiger partial charge in [0.1, 0.15) is 12.4 Å². The number of para-hydroxylation sites is 1. The van der Waals surface area contributed by atoms with E-state index in [1.165, 1.54) is 18.2 Å². The Morgan fingerprint density at radius 2 is 2.04 bits per heavy atom. The number of carbonyl (C=O) groups excluding carboxylic acids is 1. The summed E-state index contributed by atoms with van der Waals surface area (Å²) >= 11 is 0. The van der Waals surface area contributed by atoms with Crippen LogP contribution in [0.5, 0.6) is 5.75 Å². The average molecular weight is 343 g/mol. The minimum atomic E-state index is -4.94. The normalized spacial score (nSPS) is 20.7. The highest BCUT2D eigenvalue weighted by atomic mass is 19.4. The maximum Gasteiger partial charge on any atom is 0.406 e. The molecule has 0 spiro atoms. The molecule has 1 unspecified atom stereocenters. The molecule has 1 saturated heterocycles. The number of likely N-dealkylation sites (tertiary alicyclic amines) is 1. The number of ether oxygens (including phenoxy) is 1. The Bertz CT molecular complexity index is 659. The van der Waals surface area contributed by atoms with Crippen molar-refractivity contribution >= 4 is 11.9 Å². The molecular formula is C16H16F3NO4. The van der Waals surface area contributed by atoms with Gasteiger partial charge in [-0.15, -0.1) is 0 Å². The highest BCUT2D eigenvalue weighted by Gasteiger charge is 2.64. The topological polar surface area (TPSA) is 66.8 Å². The quantitative estimate of drug-likeness (QED) is 0.835. The fourth-order valence-electron chi connectivity index (χ4n) is 2.60. The number of aliphatic carboxylic acids is 1. The van der Waals surface area contributed by atoms with Crippen LogP contribution in [0.25, 0.3) is 0 Å². The first-order valence-corrected chi connectivity index (χ1v) is 7.15. The maximum atomic E-state index is 13.2. The molecule has 1 aliphatic rings. The van der Waals surface area contributed by atoms with Crippen LogP contribution in [-0.2, 0) is 4.79 Å². The highest BCUT2D eigenvalue weighted by molar-refractivity contribution is 5.97. The van der Waals surface area contributed by atoms with Crippen molar-refractivity contribution in [2.45, 2.75) is 12.6 Å². The number of hydrogen-bond acceptors (Lipinski definition) is 3. The number of hydrogen-bond donors (Lipinski definition) is 1. The van der Waals surface area contributed by atoms with Gasteiger partial charge >= 0.3 is 12.1 Å². The Labute approximate surface area is 136 Å². The van der Waals surface area contributed by atoms with Crippen molar-refractivity contribution in [2.24, 2.45) is 5.41 Å². The molecule has 1 atom stereocenters. The predicted molar refractivity (Wildman–Crippen MR) is 78.8 cm³/mol. The van der Waals surface area contributed by atoms with E-state index in [2.05, 4.69) is 6.58 Å². The zero-order valence-corrected chi connectivity index (χ0v) is 12.7. The molecule has 1 aromatic rings. The summed E-state index contributed by atoms with van der Waals surface area (Å²) in [4.78, 5) is 24.6. The van der Waals surface area contributed by atoms with Crippen LogP contribution in [0.3, 0.4) is 0 Å². The Morgan fingerprint density at radius 3 is 2.58 bits per heavy atom. The standard InChI is InChI=1S/C16H16F3NO4/c1-2-9-24-12-6-4-3-5-11(12)13(21)20-8-7-15(10-20,14(22)23)16(17,18)19/h2-6H,1,7-10H2,(H,22,23). The minimum absolute atomic E-state index is 0.0858. The molecule has 1 heterocycles. The number of carbonyl (C=O) groups is 2. The van der Waals surface area contributed by atoms with Gasteiger partial charge in [0.2, 0.25) is 0 Å². The van der Waals surface area contributed by atoms with Gasteiger partial charge < -0.3 is 14.7 Å². The molecule has 1 fully saturated rings. The maximum absolute atomic E-state index is 13.2. The summed E-state index contributed by atoms with van der Waals surface area (Å²) in [6.07, 6.45) is -4.14. The fraction of sp³-hybridized carbons (Fsp3) is 0.375. The third-order valence-corrected chi connectivity index (χ3v) is 3.98. The van der Waals surface area contributed by atoms with E-state index in [-0.39, 0.29) is 24.5 Å². The lowest BCUT2D eigenvalue weighted by molar-refractivity contribution is -0.227. The SMILES string of the molecule is C=CCOc1ccccc1C(=O)N1CCC(C(=O)O)(C(F)(F)F)C1. The van der Waals surface area contributed by atoms with Crippen LogP contribution in [0.2, 0.25) is 0 Å². The van der Waals surface area contributed by atoms with E-state index in [9.17, 15) is 22.8 Å². The summed E-state index contributed by atoms with van der Waals surface area (Å²) in [7, 11) is 0. The van der Waals surface area contributed by atoms with Gasteiger partial charge in [-0.1, -0.05) is 24.8 Å². The molecule has 0 aliphatic carbocycles. The van der Waals surface area contributed by atoms with Gasteiger partial charge in [0, 0.05) is 13.1 Å². The fourth-order valence-corrected chi connectivity index (χ4v) is 2.60. The second-order valence-electron chi connectivity index (χ2n) is 5.46. The summed E-state index contributed by atoms with van der Waals surface area (Å²) < 4.78 is 44.9. The first-order valence-electron chi connectivity index (χ1n) is 7.15. The second-order valence-corrected chi connectivity index (χ2v) is 5.46. The molecule has 5 nitrogen and oxygen atoms in total. The zero-order valence-electron chi connectivity index (χ0n) is 12.7. The van der Waals surface area contributed by atoms with Crippen LogP contribution in [0.4, 0.5) is 13.2 Å². The Morgan fingerprint density at radius 1 is 1.38 bits per heavy atom. The Balaban J connectivity index is 2.27. The first-order chi connectivity index (χ1) is 11.2. The van der Waals surface area contributed by atoms with Crippen LogP contribution < -0.4 is 4.74 Å². The Kier molecular flexibility index (Phi) is 4.86. The first kappa shape index (κ1) is 17.8. The lowest BCUT2D eigenvalue weighted by atomic mass is 9.86. The molecule has 1 aliphatic heterocycles. The van der Waals surface area contributed by atoms with Gasteiger partial charge in [-0.05, 0) is 18.6 Å². The lowest BCUT2D eigenvalue weighted by Gasteiger charge is -2.27. The van der Waals surface area contributed by atoms with Crippen molar-refractivity contribution in [1.82, 2.24) is 4.90 Å². The third kappa shape index (κ3) is 3.08. The van der Waals surface area contributed by atoms with Gasteiger partial charge in [0.05, 0.1) is 5.56 Å². The molecule has 0 aromatic heterocycles. The number of rotatable bonds is 5. The number of amides is 1. The van der Waals surface area contributed by atoms with Crippen molar-refractivity contribution < 1.29 is 32.6 Å². The third-order valence-electron chi connectivity index (χ3n) is 3.98.